The average Bonchev–Trinajstić information content (AvgIpc) is 3.44. The van der Waals surface area contributed by atoms with Gasteiger partial charge >= 0.3 is 0 Å². The van der Waals surface area contributed by atoms with E-state index in [-0.39, 0.29) is 0 Å². The normalized spacial score (nSPS) is 11.4. The second-order valence-electron chi connectivity index (χ2n) is 6.35. The van der Waals surface area contributed by atoms with Crippen LogP contribution < -0.4 is 4.74 Å². The molecule has 0 unspecified atom stereocenters. The van der Waals surface area contributed by atoms with Gasteiger partial charge in [0.1, 0.15) is 23.9 Å². The van der Waals surface area contributed by atoms with Crippen LogP contribution in [0.3, 0.4) is 0 Å². The van der Waals surface area contributed by atoms with Gasteiger partial charge in [0.2, 0.25) is 4.77 Å². The summed E-state index contributed by atoms with van der Waals surface area (Å²) in [5.74, 6) is 2.68. The Morgan fingerprint density at radius 1 is 1.31 bits per heavy atom. The van der Waals surface area contributed by atoms with Crippen molar-refractivity contribution in [3.63, 3.8) is 0 Å². The summed E-state index contributed by atoms with van der Waals surface area (Å²) in [4.78, 5) is 0.969. The number of aryl methyl sites for hydroxylation is 2. The van der Waals surface area contributed by atoms with Crippen LogP contribution in [0.25, 0.3) is 10.7 Å². The lowest BCUT2D eigenvalue weighted by Gasteiger charge is -2.08. The molecule has 0 aliphatic heterocycles. The summed E-state index contributed by atoms with van der Waals surface area (Å²) >= 11 is 13.0. The number of hydrogen-bond acceptors (Lipinski definition) is 6. The van der Waals surface area contributed by atoms with E-state index in [2.05, 4.69) is 15.3 Å². The van der Waals surface area contributed by atoms with Crippen molar-refractivity contribution in [1.82, 2.24) is 14.9 Å². The Bertz CT molecular complexity index is 1200. The molecular formula is C20H17ClN4O2S2. The van der Waals surface area contributed by atoms with Gasteiger partial charge in [-0.05, 0) is 72.9 Å². The molecule has 0 aliphatic rings. The second kappa shape index (κ2) is 8.36. The van der Waals surface area contributed by atoms with E-state index in [1.165, 1.54) is 0 Å². The molecule has 0 bridgehead atoms. The summed E-state index contributed by atoms with van der Waals surface area (Å²) in [6.07, 6.45) is 1.60. The Kier molecular flexibility index (Phi) is 5.66. The third kappa shape index (κ3) is 4.34. The van der Waals surface area contributed by atoms with Crippen LogP contribution in [0, 0.1) is 18.6 Å². The number of furan rings is 1. The first-order valence-electron chi connectivity index (χ1n) is 8.75. The largest absolute Gasteiger partial charge is 0.486 e. The highest BCUT2D eigenvalue weighted by atomic mass is 35.5. The number of H-pyrrole nitrogens is 1. The first-order valence-corrected chi connectivity index (χ1v) is 10.4. The Balaban J connectivity index is 1.47. The minimum absolute atomic E-state index is 0.305. The van der Waals surface area contributed by atoms with Crippen LogP contribution in [-0.4, -0.2) is 21.1 Å². The van der Waals surface area contributed by atoms with Crippen LogP contribution >= 0.6 is 35.2 Å². The van der Waals surface area contributed by atoms with Gasteiger partial charge in [-0.15, -0.1) is 11.3 Å². The molecule has 0 atom stereocenters. The zero-order valence-corrected chi connectivity index (χ0v) is 18.1. The van der Waals surface area contributed by atoms with Crippen LogP contribution in [0.4, 0.5) is 0 Å². The zero-order chi connectivity index (χ0) is 20.4. The first-order chi connectivity index (χ1) is 14.0. The molecule has 6 nitrogen and oxygen atoms in total. The highest BCUT2D eigenvalue weighted by Gasteiger charge is 2.09. The van der Waals surface area contributed by atoms with Gasteiger partial charge in [-0.3, -0.25) is 0 Å². The zero-order valence-electron chi connectivity index (χ0n) is 15.7. The molecule has 0 saturated heterocycles. The Morgan fingerprint density at radius 3 is 2.83 bits per heavy atom. The molecule has 1 N–H and O–H groups in total. The molecule has 0 spiro atoms. The predicted molar refractivity (Wildman–Crippen MR) is 118 cm³/mol. The fourth-order valence-corrected chi connectivity index (χ4v) is 3.75. The number of thiophene rings is 1. The minimum Gasteiger partial charge on any atom is -0.486 e. The Labute approximate surface area is 181 Å². The summed E-state index contributed by atoms with van der Waals surface area (Å²) < 4.78 is 13.6. The maximum absolute atomic E-state index is 6.20. The number of nitrogens with zero attached hydrogens (tertiary/aromatic N) is 3. The predicted octanol–water partition coefficient (Wildman–Crippen LogP) is 5.99. The smallest absolute Gasteiger partial charge is 0.216 e. The van der Waals surface area contributed by atoms with Gasteiger partial charge in [-0.25, -0.2) is 5.10 Å². The van der Waals surface area contributed by atoms with Gasteiger partial charge in [0.15, 0.2) is 5.82 Å². The quantitative estimate of drug-likeness (QED) is 0.293. The standard InChI is InChI=1S/C20H17ClN4O2S2/c1-12-8-16(9-13(2)18(12)21)26-11-15-6-5-14(27-15)10-22-25-19(23-24-20(25)28)17-4-3-7-29-17/h3-10H,11H2,1-2H3,(H,24,28)/b22-10+. The summed E-state index contributed by atoms with van der Waals surface area (Å²) in [7, 11) is 0. The minimum atomic E-state index is 0.305. The number of halogens is 1. The molecule has 9 heteroatoms. The van der Waals surface area contributed by atoms with Crippen molar-refractivity contribution in [2.45, 2.75) is 20.5 Å². The highest BCUT2D eigenvalue weighted by molar-refractivity contribution is 7.71. The van der Waals surface area contributed by atoms with Gasteiger partial charge in [-0.2, -0.15) is 14.9 Å². The van der Waals surface area contributed by atoms with Crippen molar-refractivity contribution in [2.75, 3.05) is 0 Å². The van der Waals surface area contributed by atoms with Crippen molar-refractivity contribution < 1.29 is 9.15 Å². The number of ether oxygens (including phenoxy) is 1. The average molecular weight is 445 g/mol. The maximum atomic E-state index is 6.20. The number of aromatic nitrogens is 3. The van der Waals surface area contributed by atoms with E-state index in [1.54, 1.807) is 22.2 Å². The van der Waals surface area contributed by atoms with Gasteiger partial charge in [0, 0.05) is 5.02 Å². The van der Waals surface area contributed by atoms with Crippen molar-refractivity contribution in [1.29, 1.82) is 0 Å². The number of aromatic amines is 1. The van der Waals surface area contributed by atoms with Gasteiger partial charge < -0.3 is 9.15 Å². The number of nitrogens with one attached hydrogen (secondary N) is 1. The molecule has 3 aromatic heterocycles. The number of rotatable bonds is 6. The van der Waals surface area contributed by atoms with Gasteiger partial charge in [-0.1, -0.05) is 17.7 Å². The van der Waals surface area contributed by atoms with Crippen LogP contribution in [0.15, 0.2) is 51.3 Å². The lowest BCUT2D eigenvalue weighted by atomic mass is 10.1. The second-order valence-corrected chi connectivity index (χ2v) is 8.06. The molecule has 0 radical (unpaired) electrons. The third-order valence-electron chi connectivity index (χ3n) is 4.17. The molecule has 3 heterocycles. The van der Waals surface area contributed by atoms with Gasteiger partial charge in [0.25, 0.3) is 0 Å². The van der Waals surface area contributed by atoms with E-state index >= 15 is 0 Å². The fraction of sp³-hybridized carbons (Fsp3) is 0.150. The number of hydrogen-bond donors (Lipinski definition) is 1. The van der Waals surface area contributed by atoms with E-state index < -0.39 is 0 Å². The third-order valence-corrected chi connectivity index (χ3v) is 5.89. The molecule has 148 valence electrons. The lowest BCUT2D eigenvalue weighted by Crippen LogP contribution is -1.95. The summed E-state index contributed by atoms with van der Waals surface area (Å²) in [5.41, 5.74) is 1.96. The number of benzene rings is 1. The highest BCUT2D eigenvalue weighted by Crippen LogP contribution is 2.26. The maximum Gasteiger partial charge on any atom is 0.216 e. The molecular weight excluding hydrogens is 428 g/mol. The molecule has 4 aromatic rings. The molecule has 0 saturated carbocycles. The molecule has 0 aliphatic carbocycles. The molecule has 4 rings (SSSR count). The fourth-order valence-electron chi connectivity index (χ4n) is 2.76. The summed E-state index contributed by atoms with van der Waals surface area (Å²) in [5, 5.41) is 14.2. The molecule has 1 aromatic carbocycles. The van der Waals surface area contributed by atoms with Crippen LogP contribution in [0.5, 0.6) is 5.75 Å². The SMILES string of the molecule is Cc1cc(OCc2ccc(/C=N/n3c(-c4cccs4)n[nH]c3=S)o2)cc(C)c1Cl. The van der Waals surface area contributed by atoms with Crippen LogP contribution in [-0.2, 0) is 6.61 Å². The van der Waals surface area contributed by atoms with Crippen molar-refractivity contribution in [3.8, 4) is 16.5 Å². The van der Waals surface area contributed by atoms with Crippen molar-refractivity contribution >= 4 is 41.4 Å². The molecule has 0 fully saturated rings. The van der Waals surface area contributed by atoms with Crippen molar-refractivity contribution in [2.24, 2.45) is 5.10 Å². The van der Waals surface area contributed by atoms with E-state index in [9.17, 15) is 0 Å². The van der Waals surface area contributed by atoms with E-state index in [0.29, 0.717) is 28.7 Å². The van der Waals surface area contributed by atoms with Gasteiger partial charge in [0.05, 0.1) is 11.1 Å². The first kappa shape index (κ1) is 19.6. The van der Waals surface area contributed by atoms with E-state index in [4.69, 9.17) is 33.0 Å². The Morgan fingerprint density at radius 2 is 2.10 bits per heavy atom. The molecule has 0 amide bonds. The topological polar surface area (TPSA) is 68.3 Å². The van der Waals surface area contributed by atoms with E-state index in [0.717, 1.165) is 26.8 Å². The molecule has 29 heavy (non-hydrogen) atoms. The van der Waals surface area contributed by atoms with Crippen LogP contribution in [0.1, 0.15) is 22.6 Å². The van der Waals surface area contributed by atoms with Crippen molar-refractivity contribution in [3.05, 3.63) is 74.2 Å². The Hall–Kier alpha value is -2.68. The summed E-state index contributed by atoms with van der Waals surface area (Å²) in [6, 6.07) is 11.4. The lowest BCUT2D eigenvalue weighted by molar-refractivity contribution is 0.269. The monoisotopic (exact) mass is 444 g/mol. The summed E-state index contributed by atoms with van der Waals surface area (Å²) in [6.45, 7) is 4.21. The van der Waals surface area contributed by atoms with E-state index in [1.807, 2.05) is 55.6 Å². The van der Waals surface area contributed by atoms with Crippen LogP contribution in [0.2, 0.25) is 5.02 Å².